The van der Waals surface area contributed by atoms with Gasteiger partial charge in [0, 0.05) is 34.1 Å². The van der Waals surface area contributed by atoms with Crippen molar-refractivity contribution in [1.29, 1.82) is 0 Å². The lowest BCUT2D eigenvalue weighted by atomic mass is 10.2. The lowest BCUT2D eigenvalue weighted by Crippen LogP contribution is -2.06. The Morgan fingerprint density at radius 1 is 1.17 bits per heavy atom. The van der Waals surface area contributed by atoms with Crippen LogP contribution in [-0.4, -0.2) is 21.5 Å². The van der Waals surface area contributed by atoms with Crippen LogP contribution in [0.3, 0.4) is 0 Å². The molecule has 0 unspecified atom stereocenters. The summed E-state index contributed by atoms with van der Waals surface area (Å²) in [6.45, 7) is 2.65. The van der Waals surface area contributed by atoms with E-state index in [0.29, 0.717) is 29.7 Å². The second-order valence-corrected chi connectivity index (χ2v) is 6.23. The van der Waals surface area contributed by atoms with Gasteiger partial charge in [0.05, 0.1) is 11.4 Å². The van der Waals surface area contributed by atoms with Crippen molar-refractivity contribution in [3.05, 3.63) is 58.2 Å². The highest BCUT2D eigenvalue weighted by atomic mass is 127. The van der Waals surface area contributed by atoms with Crippen LogP contribution in [0.1, 0.15) is 6.92 Å². The van der Waals surface area contributed by atoms with Crippen LogP contribution in [-0.2, 0) is 0 Å². The average molecular weight is 435 g/mol. The van der Waals surface area contributed by atoms with E-state index in [1.54, 1.807) is 24.5 Å². The minimum absolute atomic E-state index is 0.326. The van der Waals surface area contributed by atoms with Gasteiger partial charge in [0.2, 0.25) is 5.95 Å². The van der Waals surface area contributed by atoms with E-state index >= 15 is 0 Å². The molecule has 122 valence electrons. The molecule has 0 aliphatic carbocycles. The first kappa shape index (κ1) is 16.6. The van der Waals surface area contributed by atoms with Crippen molar-refractivity contribution in [3.63, 3.8) is 0 Å². The van der Waals surface area contributed by atoms with Gasteiger partial charge in [-0.3, -0.25) is 4.98 Å². The number of aromatic nitrogens is 3. The molecule has 0 fully saturated rings. The number of halogens is 2. The average Bonchev–Trinajstić information content (AvgIpc) is 2.58. The third-order valence-corrected chi connectivity index (χ3v) is 3.88. The first-order chi connectivity index (χ1) is 11.7. The Hall–Kier alpha value is -2.29. The number of nitrogens with zero attached hydrogens (tertiary/aromatic N) is 3. The van der Waals surface area contributed by atoms with Gasteiger partial charge in [0.25, 0.3) is 0 Å². The van der Waals surface area contributed by atoms with E-state index < -0.39 is 0 Å². The molecule has 2 N–H and O–H groups in total. The van der Waals surface area contributed by atoms with Crippen LogP contribution in [0.5, 0.6) is 0 Å². The zero-order chi connectivity index (χ0) is 16.9. The summed E-state index contributed by atoms with van der Waals surface area (Å²) in [4.78, 5) is 13.0. The maximum absolute atomic E-state index is 14.1. The second-order valence-electron chi connectivity index (χ2n) is 4.98. The van der Waals surface area contributed by atoms with E-state index in [0.717, 1.165) is 9.13 Å². The normalized spacial score (nSPS) is 10.5. The van der Waals surface area contributed by atoms with Crippen molar-refractivity contribution < 1.29 is 4.39 Å². The van der Waals surface area contributed by atoms with Gasteiger partial charge >= 0.3 is 0 Å². The van der Waals surface area contributed by atoms with Crippen molar-refractivity contribution in [2.24, 2.45) is 0 Å². The molecule has 0 spiro atoms. The van der Waals surface area contributed by atoms with Gasteiger partial charge < -0.3 is 10.6 Å². The van der Waals surface area contributed by atoms with E-state index in [9.17, 15) is 4.39 Å². The van der Waals surface area contributed by atoms with E-state index in [-0.39, 0.29) is 5.82 Å². The molecule has 3 aromatic rings. The van der Waals surface area contributed by atoms with Gasteiger partial charge in [-0.2, -0.15) is 4.98 Å². The Morgan fingerprint density at radius 2 is 2.04 bits per heavy atom. The lowest BCUT2D eigenvalue weighted by Gasteiger charge is -2.11. The zero-order valence-electron chi connectivity index (χ0n) is 12.9. The zero-order valence-corrected chi connectivity index (χ0v) is 15.1. The van der Waals surface area contributed by atoms with Crippen LogP contribution in [0.15, 0.2) is 48.8 Å². The van der Waals surface area contributed by atoms with E-state index in [1.165, 1.54) is 6.07 Å². The Bertz CT molecular complexity index is 842. The second kappa shape index (κ2) is 7.52. The van der Waals surface area contributed by atoms with Crippen molar-refractivity contribution in [2.75, 3.05) is 17.2 Å². The topological polar surface area (TPSA) is 62.7 Å². The Kier molecular flexibility index (Phi) is 5.19. The van der Waals surface area contributed by atoms with Gasteiger partial charge in [-0.25, -0.2) is 9.37 Å². The van der Waals surface area contributed by atoms with Crippen molar-refractivity contribution in [1.82, 2.24) is 15.0 Å². The maximum Gasteiger partial charge on any atom is 0.225 e. The van der Waals surface area contributed by atoms with Gasteiger partial charge in [-0.05, 0) is 59.8 Å². The highest BCUT2D eigenvalue weighted by Crippen LogP contribution is 2.25. The molecule has 24 heavy (non-hydrogen) atoms. The summed E-state index contributed by atoms with van der Waals surface area (Å²) in [7, 11) is 0. The fraction of sp³-hybridized carbons (Fsp3) is 0.118. The van der Waals surface area contributed by atoms with Crippen LogP contribution >= 0.6 is 22.6 Å². The molecule has 0 aliphatic heterocycles. The predicted octanol–water partition coefficient (Wildman–Crippen LogP) is 4.46. The van der Waals surface area contributed by atoms with Crippen molar-refractivity contribution in [3.8, 4) is 11.3 Å². The molecule has 5 nitrogen and oxygen atoms in total. The molecule has 2 heterocycles. The molecular weight excluding hydrogens is 420 g/mol. The predicted molar refractivity (Wildman–Crippen MR) is 102 cm³/mol. The molecule has 3 rings (SSSR count). The van der Waals surface area contributed by atoms with Crippen LogP contribution < -0.4 is 10.6 Å². The third-order valence-electron chi connectivity index (χ3n) is 3.21. The monoisotopic (exact) mass is 435 g/mol. The number of anilines is 3. The summed E-state index contributed by atoms with van der Waals surface area (Å²) in [5.41, 5.74) is 1.95. The summed E-state index contributed by atoms with van der Waals surface area (Å²) in [6.07, 6.45) is 3.43. The molecule has 1 aromatic carbocycles. The van der Waals surface area contributed by atoms with E-state index in [4.69, 9.17) is 0 Å². The summed E-state index contributed by atoms with van der Waals surface area (Å²) >= 11 is 2.07. The number of benzene rings is 1. The van der Waals surface area contributed by atoms with Crippen LogP contribution in [0.25, 0.3) is 11.3 Å². The molecule has 0 amide bonds. The van der Waals surface area contributed by atoms with Crippen molar-refractivity contribution in [2.45, 2.75) is 6.92 Å². The maximum atomic E-state index is 14.1. The van der Waals surface area contributed by atoms with Crippen LogP contribution in [0.4, 0.5) is 21.8 Å². The number of pyridine rings is 1. The minimum Gasteiger partial charge on any atom is -0.354 e. The quantitative estimate of drug-likeness (QED) is 0.580. The summed E-state index contributed by atoms with van der Waals surface area (Å²) < 4.78 is 14.9. The first-order valence-electron chi connectivity index (χ1n) is 7.41. The van der Waals surface area contributed by atoms with Crippen molar-refractivity contribution >= 4 is 40.0 Å². The van der Waals surface area contributed by atoms with Gasteiger partial charge in [-0.1, -0.05) is 0 Å². The molecule has 0 aliphatic rings. The van der Waals surface area contributed by atoms with E-state index in [1.807, 2.05) is 25.1 Å². The smallest absolute Gasteiger partial charge is 0.225 e. The van der Waals surface area contributed by atoms with E-state index in [2.05, 4.69) is 48.2 Å². The highest BCUT2D eigenvalue weighted by Gasteiger charge is 2.09. The fourth-order valence-electron chi connectivity index (χ4n) is 2.14. The summed E-state index contributed by atoms with van der Waals surface area (Å²) in [5, 5.41) is 6.11. The van der Waals surface area contributed by atoms with Gasteiger partial charge in [0.1, 0.15) is 11.6 Å². The molecule has 0 bridgehead atoms. The molecular formula is C17H15FIN5. The molecule has 0 atom stereocenters. The van der Waals surface area contributed by atoms with Gasteiger partial charge in [-0.15, -0.1) is 0 Å². The number of hydrogen-bond acceptors (Lipinski definition) is 5. The SMILES string of the molecule is CCNc1nc(Nc2ccc(I)cc2F)cc(-c2cccnc2)n1. The van der Waals surface area contributed by atoms with Crippen LogP contribution in [0.2, 0.25) is 0 Å². The Morgan fingerprint density at radius 3 is 2.75 bits per heavy atom. The summed E-state index contributed by atoms with van der Waals surface area (Å²) in [5.74, 6) is 0.667. The van der Waals surface area contributed by atoms with Gasteiger partial charge in [0.15, 0.2) is 0 Å². The Balaban J connectivity index is 1.99. The molecule has 7 heteroatoms. The molecule has 0 saturated carbocycles. The number of hydrogen-bond donors (Lipinski definition) is 2. The lowest BCUT2D eigenvalue weighted by molar-refractivity contribution is 0.631. The fourth-order valence-corrected chi connectivity index (χ4v) is 2.59. The molecule has 0 radical (unpaired) electrons. The largest absolute Gasteiger partial charge is 0.354 e. The molecule has 0 saturated heterocycles. The minimum atomic E-state index is -0.326. The third kappa shape index (κ3) is 3.97. The highest BCUT2D eigenvalue weighted by molar-refractivity contribution is 14.1. The molecule has 2 aromatic heterocycles. The Labute approximate surface area is 152 Å². The van der Waals surface area contributed by atoms with Crippen LogP contribution in [0, 0.1) is 9.39 Å². The summed E-state index contributed by atoms with van der Waals surface area (Å²) in [6, 6.07) is 10.5. The standard InChI is InChI=1S/C17H15FIN5/c1-2-21-17-23-15(11-4-3-7-20-10-11)9-16(24-17)22-14-6-5-12(19)8-13(14)18/h3-10H,2H2,1H3,(H2,21,22,23,24). The number of nitrogens with one attached hydrogen (secondary N) is 2. The number of rotatable bonds is 5. The first-order valence-corrected chi connectivity index (χ1v) is 8.49.